The second kappa shape index (κ2) is 9.77. The average molecular weight is 422 g/mol. The number of amides is 3. The fraction of sp³-hybridized carbons (Fsp3) is 0.400. The Labute approximate surface area is 184 Å². The van der Waals surface area contributed by atoms with Crippen LogP contribution in [0, 0.1) is 12.8 Å². The first-order chi connectivity index (χ1) is 14.8. The molecule has 2 atom stereocenters. The molecule has 0 aromatic heterocycles. The maximum Gasteiger partial charge on any atom is 0.254 e. The highest BCUT2D eigenvalue weighted by molar-refractivity contribution is 5.98. The lowest BCUT2D eigenvalue weighted by molar-refractivity contribution is -0.136. The molecular formula is C25H31N3O3. The lowest BCUT2D eigenvalue weighted by Crippen LogP contribution is -2.59. The Morgan fingerprint density at radius 1 is 0.935 bits per heavy atom. The molecule has 1 saturated heterocycles. The molecule has 164 valence electrons. The van der Waals surface area contributed by atoms with Crippen LogP contribution in [-0.4, -0.2) is 59.2 Å². The van der Waals surface area contributed by atoms with E-state index in [1.54, 1.807) is 29.2 Å². The van der Waals surface area contributed by atoms with Crippen LogP contribution >= 0.6 is 0 Å². The molecule has 0 spiro atoms. The van der Waals surface area contributed by atoms with Gasteiger partial charge >= 0.3 is 0 Å². The van der Waals surface area contributed by atoms with Gasteiger partial charge in [-0.1, -0.05) is 49.7 Å². The minimum atomic E-state index is -0.612. The predicted octanol–water partition coefficient (Wildman–Crippen LogP) is 3.12. The molecule has 0 aliphatic carbocycles. The molecule has 1 aliphatic heterocycles. The smallest absolute Gasteiger partial charge is 0.254 e. The van der Waals surface area contributed by atoms with Crippen molar-refractivity contribution < 1.29 is 14.4 Å². The molecule has 0 bridgehead atoms. The minimum absolute atomic E-state index is 0.0163. The Morgan fingerprint density at radius 3 is 2.16 bits per heavy atom. The van der Waals surface area contributed by atoms with Gasteiger partial charge in [0, 0.05) is 36.8 Å². The molecule has 2 aromatic carbocycles. The van der Waals surface area contributed by atoms with Crippen molar-refractivity contribution in [2.75, 3.05) is 19.6 Å². The second-order valence-corrected chi connectivity index (χ2v) is 8.56. The fourth-order valence-corrected chi connectivity index (χ4v) is 3.85. The average Bonchev–Trinajstić information content (AvgIpc) is 2.77. The molecule has 3 rings (SSSR count). The number of carbonyl (C=O) groups excluding carboxylic acids is 3. The van der Waals surface area contributed by atoms with E-state index >= 15 is 0 Å². The topological polar surface area (TPSA) is 69.7 Å². The number of hydrogen-bond acceptors (Lipinski definition) is 3. The summed E-state index contributed by atoms with van der Waals surface area (Å²) in [6.45, 7) is 9.16. The van der Waals surface area contributed by atoms with E-state index in [9.17, 15) is 14.4 Å². The lowest BCUT2D eigenvalue weighted by atomic mass is 10.0. The highest BCUT2D eigenvalue weighted by atomic mass is 16.2. The Kier molecular flexibility index (Phi) is 7.10. The number of aryl methyl sites for hydroxylation is 1. The van der Waals surface area contributed by atoms with Gasteiger partial charge in [0.15, 0.2) is 0 Å². The second-order valence-electron chi connectivity index (χ2n) is 8.56. The van der Waals surface area contributed by atoms with Crippen LogP contribution in [0.2, 0.25) is 0 Å². The van der Waals surface area contributed by atoms with Gasteiger partial charge in [-0.05, 0) is 44.0 Å². The highest BCUT2D eigenvalue weighted by Crippen LogP contribution is 2.17. The maximum absolute atomic E-state index is 13.2. The van der Waals surface area contributed by atoms with Crippen LogP contribution in [-0.2, 0) is 4.79 Å². The van der Waals surface area contributed by atoms with Crippen molar-refractivity contribution in [3.63, 3.8) is 0 Å². The third kappa shape index (κ3) is 5.32. The number of nitrogens with zero attached hydrogens (tertiary/aromatic N) is 2. The van der Waals surface area contributed by atoms with Gasteiger partial charge in [-0.3, -0.25) is 14.4 Å². The summed E-state index contributed by atoms with van der Waals surface area (Å²) < 4.78 is 0. The third-order valence-corrected chi connectivity index (χ3v) is 5.75. The summed E-state index contributed by atoms with van der Waals surface area (Å²) in [5, 5.41) is 2.90. The number of rotatable bonds is 5. The standard InChI is InChI=1S/C25H31N3O3/c1-17(2)22(26-23(29)20-8-6-5-7-9-20)25(31)27-14-15-28(19(4)16-27)24(30)21-12-10-18(3)11-13-21/h5-13,17,19,22H,14-16H2,1-4H3,(H,26,29). The molecule has 1 aliphatic rings. The molecular weight excluding hydrogens is 390 g/mol. The van der Waals surface area contributed by atoms with Gasteiger partial charge in [0.1, 0.15) is 6.04 Å². The molecule has 6 nitrogen and oxygen atoms in total. The summed E-state index contributed by atoms with van der Waals surface area (Å²) in [6.07, 6.45) is 0. The highest BCUT2D eigenvalue weighted by Gasteiger charge is 2.34. The van der Waals surface area contributed by atoms with Crippen molar-refractivity contribution in [1.29, 1.82) is 0 Å². The Bertz CT molecular complexity index is 925. The van der Waals surface area contributed by atoms with Gasteiger partial charge in [-0.15, -0.1) is 0 Å². The molecule has 1 fully saturated rings. The molecule has 6 heteroatoms. The van der Waals surface area contributed by atoms with E-state index in [2.05, 4.69) is 5.32 Å². The molecule has 1 N–H and O–H groups in total. The Balaban J connectivity index is 1.65. The first-order valence-corrected chi connectivity index (χ1v) is 10.8. The van der Waals surface area contributed by atoms with E-state index in [1.165, 1.54) is 0 Å². The van der Waals surface area contributed by atoms with Gasteiger partial charge in [0.25, 0.3) is 11.8 Å². The van der Waals surface area contributed by atoms with Crippen LogP contribution in [0.15, 0.2) is 54.6 Å². The van der Waals surface area contributed by atoms with Crippen molar-refractivity contribution >= 4 is 17.7 Å². The summed E-state index contributed by atoms with van der Waals surface area (Å²) in [6, 6.07) is 15.7. The molecule has 1 heterocycles. The van der Waals surface area contributed by atoms with Gasteiger partial charge in [-0.2, -0.15) is 0 Å². The third-order valence-electron chi connectivity index (χ3n) is 5.75. The van der Waals surface area contributed by atoms with Crippen molar-refractivity contribution in [2.24, 2.45) is 5.92 Å². The van der Waals surface area contributed by atoms with Crippen LogP contribution in [0.25, 0.3) is 0 Å². The molecule has 0 saturated carbocycles. The lowest BCUT2D eigenvalue weighted by Gasteiger charge is -2.41. The Hall–Kier alpha value is -3.15. The number of hydrogen-bond donors (Lipinski definition) is 1. The van der Waals surface area contributed by atoms with E-state index < -0.39 is 6.04 Å². The van der Waals surface area contributed by atoms with Crippen molar-refractivity contribution in [2.45, 2.75) is 39.8 Å². The van der Waals surface area contributed by atoms with E-state index in [-0.39, 0.29) is 29.7 Å². The van der Waals surface area contributed by atoms with Crippen LogP contribution in [0.4, 0.5) is 0 Å². The van der Waals surface area contributed by atoms with Gasteiger partial charge in [0.2, 0.25) is 5.91 Å². The maximum atomic E-state index is 13.2. The zero-order valence-corrected chi connectivity index (χ0v) is 18.7. The first kappa shape index (κ1) is 22.5. The number of benzene rings is 2. The van der Waals surface area contributed by atoms with Crippen LogP contribution in [0.1, 0.15) is 47.1 Å². The number of piperazine rings is 1. The fourth-order valence-electron chi connectivity index (χ4n) is 3.85. The summed E-state index contributed by atoms with van der Waals surface area (Å²) in [5.41, 5.74) is 2.30. The monoisotopic (exact) mass is 421 g/mol. The normalized spacial score (nSPS) is 17.4. The van der Waals surface area contributed by atoms with Crippen LogP contribution in [0.3, 0.4) is 0 Å². The van der Waals surface area contributed by atoms with Crippen molar-refractivity contribution in [3.8, 4) is 0 Å². The van der Waals surface area contributed by atoms with E-state index in [1.807, 2.05) is 62.9 Å². The summed E-state index contributed by atoms with van der Waals surface area (Å²) in [4.78, 5) is 42.3. The van der Waals surface area contributed by atoms with E-state index in [0.717, 1.165) is 5.56 Å². The SMILES string of the molecule is Cc1ccc(C(=O)N2CCN(C(=O)C(NC(=O)c3ccccc3)C(C)C)CC2C)cc1. The molecule has 2 unspecified atom stereocenters. The van der Waals surface area contributed by atoms with E-state index in [4.69, 9.17) is 0 Å². The molecule has 2 aromatic rings. The summed E-state index contributed by atoms with van der Waals surface area (Å²) >= 11 is 0. The zero-order valence-electron chi connectivity index (χ0n) is 18.7. The van der Waals surface area contributed by atoms with Crippen molar-refractivity contribution in [3.05, 3.63) is 71.3 Å². The zero-order chi connectivity index (χ0) is 22.5. The van der Waals surface area contributed by atoms with Crippen LogP contribution in [0.5, 0.6) is 0 Å². The van der Waals surface area contributed by atoms with Crippen LogP contribution < -0.4 is 5.32 Å². The quantitative estimate of drug-likeness (QED) is 0.806. The van der Waals surface area contributed by atoms with Gasteiger partial charge in [-0.25, -0.2) is 0 Å². The number of carbonyl (C=O) groups is 3. The van der Waals surface area contributed by atoms with Gasteiger partial charge in [0.05, 0.1) is 0 Å². The predicted molar refractivity (Wildman–Crippen MR) is 121 cm³/mol. The van der Waals surface area contributed by atoms with Gasteiger partial charge < -0.3 is 15.1 Å². The van der Waals surface area contributed by atoms with Crippen molar-refractivity contribution in [1.82, 2.24) is 15.1 Å². The van der Waals surface area contributed by atoms with E-state index in [0.29, 0.717) is 30.8 Å². The molecule has 31 heavy (non-hydrogen) atoms. The summed E-state index contributed by atoms with van der Waals surface area (Å²) in [5.74, 6) is -0.428. The minimum Gasteiger partial charge on any atom is -0.340 e. The number of nitrogens with one attached hydrogen (secondary N) is 1. The largest absolute Gasteiger partial charge is 0.340 e. The molecule has 3 amide bonds. The molecule has 0 radical (unpaired) electrons. The Morgan fingerprint density at radius 2 is 1.58 bits per heavy atom. The first-order valence-electron chi connectivity index (χ1n) is 10.8. The summed E-state index contributed by atoms with van der Waals surface area (Å²) in [7, 11) is 0.